The zero-order valence-corrected chi connectivity index (χ0v) is 18.2. The molecule has 0 spiro atoms. The molecule has 0 unspecified atom stereocenters. The fourth-order valence-corrected chi connectivity index (χ4v) is 1.34. The van der Waals surface area contributed by atoms with E-state index in [2.05, 4.69) is 20.9 Å². The first-order chi connectivity index (χ1) is 11.7. The Morgan fingerprint density at radius 2 is 1.00 bits per heavy atom. The number of rotatable bonds is 1. The second-order valence-electron chi connectivity index (χ2n) is 4.55. The summed E-state index contributed by atoms with van der Waals surface area (Å²) in [6.07, 6.45) is 20.0. The van der Waals surface area contributed by atoms with Gasteiger partial charge in [0.1, 0.15) is 0 Å². The van der Waals surface area contributed by atoms with Crippen molar-refractivity contribution in [1.82, 2.24) is 0 Å². The van der Waals surface area contributed by atoms with Crippen molar-refractivity contribution in [2.45, 2.75) is 18.5 Å². The maximum absolute atomic E-state index is 5.53. The van der Waals surface area contributed by atoms with Crippen LogP contribution in [0.5, 0.6) is 0 Å². The van der Waals surface area contributed by atoms with Crippen molar-refractivity contribution < 1.29 is 19.4 Å². The van der Waals surface area contributed by atoms with Gasteiger partial charge in [-0.15, -0.1) is 23.7 Å². The summed E-state index contributed by atoms with van der Waals surface area (Å²) in [4.78, 5) is 0. The number of hydrogen-bond donors (Lipinski definition) is 0. The topological polar surface area (TPSA) is 0 Å². The van der Waals surface area contributed by atoms with Gasteiger partial charge in [-0.3, -0.25) is 6.58 Å². The molecule has 0 saturated heterocycles. The molecule has 1 aromatic rings. The van der Waals surface area contributed by atoms with Gasteiger partial charge in [-0.25, -0.2) is 5.57 Å². The van der Waals surface area contributed by atoms with Crippen LogP contribution in [0.3, 0.4) is 0 Å². The molecule has 0 aliphatic heterocycles. The van der Waals surface area contributed by atoms with Crippen LogP contribution in [0.2, 0.25) is 11.6 Å². The zero-order chi connectivity index (χ0) is 18.5. The Morgan fingerprint density at radius 3 is 1.17 bits per heavy atom. The molecular formula is C21H25AlClTi. The fraction of sp³-hybridized carbons (Fsp3) is 0.143. The van der Waals surface area contributed by atoms with Crippen molar-refractivity contribution in [3.63, 3.8) is 0 Å². The van der Waals surface area contributed by atoms with E-state index in [9.17, 15) is 0 Å². The minimum atomic E-state index is 0.750. The second kappa shape index (κ2) is 23.5. The van der Waals surface area contributed by atoms with E-state index in [0.717, 1.165) is 26.4 Å². The van der Waals surface area contributed by atoms with E-state index < -0.39 is 0 Å². The quantitative estimate of drug-likeness (QED) is 0.407. The third kappa shape index (κ3) is 20.5. The van der Waals surface area contributed by atoms with Gasteiger partial charge in [0, 0.05) is 0 Å². The first kappa shape index (κ1) is 26.7. The van der Waals surface area contributed by atoms with Gasteiger partial charge in [-0.1, -0.05) is 25.1 Å². The van der Waals surface area contributed by atoms with Gasteiger partial charge in [0.2, 0.25) is 0 Å². The molecular weight excluding hydrogens is 363 g/mol. The molecule has 0 bridgehead atoms. The van der Waals surface area contributed by atoms with E-state index >= 15 is 0 Å². The second-order valence-corrected chi connectivity index (χ2v) is 5.71. The van der Waals surface area contributed by atoms with Crippen molar-refractivity contribution in [3.05, 3.63) is 107 Å². The molecule has 2 aliphatic carbocycles. The van der Waals surface area contributed by atoms with E-state index in [-0.39, 0.29) is 0 Å². The van der Waals surface area contributed by atoms with E-state index in [1.807, 2.05) is 101 Å². The predicted molar refractivity (Wildman–Crippen MR) is 106 cm³/mol. The first-order valence-electron chi connectivity index (χ1n) is 7.63. The predicted octanol–water partition coefficient (Wildman–Crippen LogP) is 6.04. The summed E-state index contributed by atoms with van der Waals surface area (Å²) in [7, 11) is 4.64. The third-order valence-electron chi connectivity index (χ3n) is 2.34. The Labute approximate surface area is 173 Å². The Balaban J connectivity index is 0. The number of hydrogen-bond acceptors (Lipinski definition) is 0. The maximum atomic E-state index is 5.53. The molecule has 11 radical (unpaired) electrons. The van der Waals surface area contributed by atoms with Crippen LogP contribution in [0.4, 0.5) is 0 Å². The molecule has 0 aromatic heterocycles. The summed E-state index contributed by atoms with van der Waals surface area (Å²) in [6.45, 7) is 7.43. The van der Waals surface area contributed by atoms with E-state index in [0.29, 0.717) is 0 Å². The van der Waals surface area contributed by atoms with Crippen LogP contribution in [0.15, 0.2) is 30.3 Å². The first-order valence-corrected chi connectivity index (χ1v) is 12.1. The summed E-state index contributed by atoms with van der Waals surface area (Å²) < 4.78 is 0. The summed E-state index contributed by atoms with van der Waals surface area (Å²) in [5.74, 6) is 4.42. The molecule has 0 heterocycles. The van der Waals surface area contributed by atoms with Gasteiger partial charge in [0.25, 0.3) is 0 Å². The van der Waals surface area contributed by atoms with Crippen molar-refractivity contribution >= 4 is 30.1 Å². The normalized spacial score (nSPS) is 14.1. The van der Waals surface area contributed by atoms with Crippen molar-refractivity contribution in [1.29, 1.82) is 0 Å². The molecule has 2 saturated carbocycles. The molecule has 0 N–H and O–H groups in total. The monoisotopic (exact) mass is 387 g/mol. The molecule has 3 rings (SSSR count). The van der Waals surface area contributed by atoms with Crippen molar-refractivity contribution in [2.24, 2.45) is 0 Å². The molecule has 0 nitrogen and oxygen atoms in total. The number of allylic oxidation sites excluding steroid dienone is 1. The van der Waals surface area contributed by atoms with Crippen LogP contribution in [-0.2, 0) is 19.4 Å². The number of halogens is 1. The minimum absolute atomic E-state index is 0.750. The summed E-state index contributed by atoms with van der Waals surface area (Å²) in [5, 5.41) is 0. The fourth-order valence-electron chi connectivity index (χ4n) is 1.34. The molecule has 0 amide bonds. The summed E-state index contributed by atoms with van der Waals surface area (Å²) in [5.41, 5.74) is 1.98. The van der Waals surface area contributed by atoms with Crippen LogP contribution in [0, 0.1) is 70.8 Å². The Hall–Kier alpha value is 0.497. The molecule has 123 valence electrons. The van der Waals surface area contributed by atoms with Crippen LogP contribution >= 0.6 is 9.30 Å². The van der Waals surface area contributed by atoms with Gasteiger partial charge in [-0.05, 0) is 64.2 Å². The summed E-state index contributed by atoms with van der Waals surface area (Å²) in [6, 6.07) is 9.93. The van der Waals surface area contributed by atoms with Crippen LogP contribution in [0.25, 0.3) is 5.57 Å². The van der Waals surface area contributed by atoms with Crippen LogP contribution in [0.1, 0.15) is 12.5 Å². The van der Waals surface area contributed by atoms with Crippen molar-refractivity contribution in [3.8, 4) is 0 Å². The van der Waals surface area contributed by atoms with Crippen LogP contribution < -0.4 is 0 Å². The molecule has 1 aromatic carbocycles. The van der Waals surface area contributed by atoms with Crippen molar-refractivity contribution in [2.75, 3.05) is 0 Å². The van der Waals surface area contributed by atoms with Gasteiger partial charge in [0.05, 0.1) is 0 Å². The van der Waals surface area contributed by atoms with Gasteiger partial charge >= 0.3 is 28.7 Å². The average molecular weight is 388 g/mol. The third-order valence-corrected chi connectivity index (χ3v) is 2.34. The van der Waals surface area contributed by atoms with E-state index in [1.54, 1.807) is 0 Å². The van der Waals surface area contributed by atoms with E-state index in [4.69, 9.17) is 6.58 Å². The molecule has 2 aliphatic rings. The molecule has 24 heavy (non-hydrogen) atoms. The molecule has 0 atom stereocenters. The summed E-state index contributed by atoms with van der Waals surface area (Å²) >= 11 is 2.22. The van der Waals surface area contributed by atoms with E-state index in [1.165, 1.54) is 19.4 Å². The Morgan fingerprint density at radius 1 is 0.750 bits per heavy atom. The standard InChI is InChI=1S/C9H9.2C5H5.2CH3.Al.ClH.Ti/c1-8(2)9-6-4-3-5-7-9;2*1-2-4-5-3-1;;;;;/h1,3-7H,2H3;2*1-5H;2*1H3;;1H;/q-1;;;;;;;+2/p-1. The zero-order valence-electron chi connectivity index (χ0n) is 14.7. The Kier molecular flexibility index (Phi) is 26.2. The average Bonchev–Trinajstić information content (AvgIpc) is 3.36. The van der Waals surface area contributed by atoms with Gasteiger partial charge < -0.3 is 0 Å². The van der Waals surface area contributed by atoms with Crippen LogP contribution in [-0.4, -0.2) is 15.2 Å². The molecule has 2 fully saturated rings. The molecule has 3 heteroatoms. The SMILES string of the molecule is [CH-]=C(C)c1ccccc1.[CH3][Al][CH3].[CH]1[CH][CH][CH][CH]1.[CH]1[CH][CH][CH][CH]1.[Cl][Ti+]. The van der Waals surface area contributed by atoms with Gasteiger partial charge in [-0.2, -0.15) is 5.56 Å². The van der Waals surface area contributed by atoms with Gasteiger partial charge in [0.15, 0.2) is 15.2 Å². The Bertz CT molecular complexity index is 321. The number of benzene rings is 1.